The summed E-state index contributed by atoms with van der Waals surface area (Å²) in [5.41, 5.74) is 3.09. The number of amides is 1. The summed E-state index contributed by atoms with van der Waals surface area (Å²) in [5, 5.41) is 11.6. The fraction of sp³-hybridized carbons (Fsp3) is 0.235. The van der Waals surface area contributed by atoms with Gasteiger partial charge in [-0.15, -0.1) is 11.8 Å². The lowest BCUT2D eigenvalue weighted by molar-refractivity contribution is 0.182. The molecule has 4 nitrogen and oxygen atoms in total. The normalized spacial score (nSPS) is 16.5. The Morgan fingerprint density at radius 1 is 1.27 bits per heavy atom. The van der Waals surface area contributed by atoms with Gasteiger partial charge >= 0.3 is 6.09 Å². The number of thioether (sulfide) groups is 1. The number of fused-ring (bicyclic) bond motifs is 1. The maximum atomic E-state index is 11.0. The van der Waals surface area contributed by atoms with Crippen molar-refractivity contribution in [3.05, 3.63) is 48.0 Å². The standard InChI is InChI=1S/C17H17NO3S/c1-22-13-4-2-3-11(9-13)12-5-6-16-14(10-12)15(7-8-21-16)18-17(19)20/h2-6,9-10,15,18H,7-8H2,1H3,(H,19,20). The molecule has 0 saturated heterocycles. The Morgan fingerprint density at radius 3 is 2.86 bits per heavy atom. The van der Waals surface area contributed by atoms with E-state index in [-0.39, 0.29) is 6.04 Å². The topological polar surface area (TPSA) is 58.6 Å². The fourth-order valence-corrected chi connectivity index (χ4v) is 3.14. The zero-order valence-electron chi connectivity index (χ0n) is 12.2. The van der Waals surface area contributed by atoms with Crippen molar-refractivity contribution in [3.63, 3.8) is 0 Å². The van der Waals surface area contributed by atoms with Crippen LogP contribution in [0, 0.1) is 0 Å². The minimum Gasteiger partial charge on any atom is -0.493 e. The summed E-state index contributed by atoms with van der Waals surface area (Å²) in [5.74, 6) is 0.759. The van der Waals surface area contributed by atoms with Crippen molar-refractivity contribution in [2.45, 2.75) is 17.4 Å². The van der Waals surface area contributed by atoms with Gasteiger partial charge in [0.05, 0.1) is 12.6 Å². The molecule has 3 rings (SSSR count). The molecule has 0 bridgehead atoms. The molecule has 114 valence electrons. The Balaban J connectivity index is 1.99. The average Bonchev–Trinajstić information content (AvgIpc) is 2.54. The van der Waals surface area contributed by atoms with Gasteiger partial charge in [0.25, 0.3) is 0 Å². The quantitative estimate of drug-likeness (QED) is 0.835. The van der Waals surface area contributed by atoms with E-state index in [4.69, 9.17) is 9.84 Å². The van der Waals surface area contributed by atoms with E-state index >= 15 is 0 Å². The first-order valence-corrected chi connectivity index (χ1v) is 8.30. The van der Waals surface area contributed by atoms with Gasteiger partial charge in [-0.3, -0.25) is 0 Å². The maximum Gasteiger partial charge on any atom is 0.405 e. The van der Waals surface area contributed by atoms with Gasteiger partial charge < -0.3 is 15.2 Å². The second-order valence-corrected chi connectivity index (χ2v) is 6.00. The van der Waals surface area contributed by atoms with Crippen LogP contribution in [0.1, 0.15) is 18.0 Å². The van der Waals surface area contributed by atoms with Crippen molar-refractivity contribution in [1.82, 2.24) is 5.32 Å². The molecule has 1 aliphatic rings. The van der Waals surface area contributed by atoms with E-state index in [1.807, 2.05) is 30.5 Å². The summed E-state index contributed by atoms with van der Waals surface area (Å²) >= 11 is 1.70. The first-order valence-electron chi connectivity index (χ1n) is 7.08. The van der Waals surface area contributed by atoms with Gasteiger partial charge in [-0.25, -0.2) is 4.79 Å². The lowest BCUT2D eigenvalue weighted by atomic mass is 9.95. The van der Waals surface area contributed by atoms with Crippen LogP contribution < -0.4 is 10.1 Å². The third kappa shape index (κ3) is 3.04. The van der Waals surface area contributed by atoms with E-state index in [9.17, 15) is 4.79 Å². The van der Waals surface area contributed by atoms with Gasteiger partial charge in [0.2, 0.25) is 0 Å². The van der Waals surface area contributed by atoms with Gasteiger partial charge in [-0.2, -0.15) is 0 Å². The van der Waals surface area contributed by atoms with E-state index in [1.165, 1.54) is 4.90 Å². The molecule has 1 unspecified atom stereocenters. The molecule has 22 heavy (non-hydrogen) atoms. The molecule has 1 aliphatic heterocycles. The molecule has 0 aliphatic carbocycles. The molecule has 2 aromatic rings. The molecule has 0 aromatic heterocycles. The first kappa shape index (κ1) is 14.8. The van der Waals surface area contributed by atoms with Crippen LogP contribution in [-0.4, -0.2) is 24.1 Å². The lowest BCUT2D eigenvalue weighted by Crippen LogP contribution is -2.30. The minimum atomic E-state index is -1.01. The molecule has 1 heterocycles. The van der Waals surface area contributed by atoms with Crippen molar-refractivity contribution in [1.29, 1.82) is 0 Å². The van der Waals surface area contributed by atoms with Gasteiger partial charge in [0.15, 0.2) is 0 Å². The predicted molar refractivity (Wildman–Crippen MR) is 87.7 cm³/mol. The van der Waals surface area contributed by atoms with E-state index < -0.39 is 6.09 Å². The van der Waals surface area contributed by atoms with Crippen LogP contribution in [0.5, 0.6) is 5.75 Å². The van der Waals surface area contributed by atoms with Crippen LogP contribution in [-0.2, 0) is 0 Å². The van der Waals surface area contributed by atoms with E-state index in [1.54, 1.807) is 11.8 Å². The average molecular weight is 315 g/mol. The molecule has 0 fully saturated rings. The van der Waals surface area contributed by atoms with E-state index in [0.717, 1.165) is 22.4 Å². The molecule has 0 spiro atoms. The van der Waals surface area contributed by atoms with E-state index in [2.05, 4.69) is 23.5 Å². The molecule has 0 radical (unpaired) electrons. The molecular formula is C17H17NO3S. The molecule has 1 amide bonds. The highest BCUT2D eigenvalue weighted by Crippen LogP contribution is 2.36. The zero-order chi connectivity index (χ0) is 15.5. The number of carbonyl (C=O) groups is 1. The van der Waals surface area contributed by atoms with Crippen molar-refractivity contribution < 1.29 is 14.6 Å². The highest BCUT2D eigenvalue weighted by atomic mass is 32.2. The number of benzene rings is 2. The molecule has 5 heteroatoms. The second-order valence-electron chi connectivity index (χ2n) is 5.12. The summed E-state index contributed by atoms with van der Waals surface area (Å²) in [4.78, 5) is 12.2. The van der Waals surface area contributed by atoms with Gasteiger partial charge in [0.1, 0.15) is 5.75 Å². The number of ether oxygens (including phenoxy) is 1. The van der Waals surface area contributed by atoms with Crippen LogP contribution in [0.2, 0.25) is 0 Å². The van der Waals surface area contributed by atoms with Crippen LogP contribution >= 0.6 is 11.8 Å². The largest absolute Gasteiger partial charge is 0.493 e. The Morgan fingerprint density at radius 2 is 2.09 bits per heavy atom. The Kier molecular flexibility index (Phi) is 4.24. The minimum absolute atomic E-state index is 0.218. The maximum absolute atomic E-state index is 11.0. The van der Waals surface area contributed by atoms with Crippen LogP contribution in [0.25, 0.3) is 11.1 Å². The predicted octanol–water partition coefficient (Wildman–Crippen LogP) is 4.17. The zero-order valence-corrected chi connectivity index (χ0v) is 13.0. The van der Waals surface area contributed by atoms with Crippen LogP contribution in [0.3, 0.4) is 0 Å². The number of hydrogen-bond donors (Lipinski definition) is 2. The third-order valence-electron chi connectivity index (χ3n) is 3.75. The summed E-state index contributed by atoms with van der Waals surface area (Å²) < 4.78 is 5.63. The number of hydrogen-bond acceptors (Lipinski definition) is 3. The SMILES string of the molecule is CSc1cccc(-c2ccc3c(c2)C(NC(=O)O)CCO3)c1. The lowest BCUT2D eigenvalue weighted by Gasteiger charge is -2.26. The smallest absolute Gasteiger partial charge is 0.405 e. The summed E-state index contributed by atoms with van der Waals surface area (Å²) in [6, 6.07) is 14.0. The third-order valence-corrected chi connectivity index (χ3v) is 4.48. The number of nitrogens with one attached hydrogen (secondary N) is 1. The summed E-state index contributed by atoms with van der Waals surface area (Å²) in [7, 11) is 0. The van der Waals surface area contributed by atoms with Crippen molar-refractivity contribution in [3.8, 4) is 16.9 Å². The Labute approximate surface area is 133 Å². The van der Waals surface area contributed by atoms with Gasteiger partial charge in [-0.05, 0) is 41.6 Å². The first-order chi connectivity index (χ1) is 10.7. The molecular weight excluding hydrogens is 298 g/mol. The molecule has 0 saturated carbocycles. The summed E-state index contributed by atoms with van der Waals surface area (Å²) in [6.45, 7) is 0.527. The molecule has 1 atom stereocenters. The Bertz CT molecular complexity index is 702. The summed E-state index contributed by atoms with van der Waals surface area (Å²) in [6.07, 6.45) is 1.69. The molecule has 2 N–H and O–H groups in total. The molecule has 2 aromatic carbocycles. The van der Waals surface area contributed by atoms with Crippen molar-refractivity contribution >= 4 is 17.9 Å². The highest BCUT2D eigenvalue weighted by molar-refractivity contribution is 7.98. The monoisotopic (exact) mass is 315 g/mol. The number of rotatable bonds is 3. The fourth-order valence-electron chi connectivity index (χ4n) is 2.68. The van der Waals surface area contributed by atoms with Crippen LogP contribution in [0.4, 0.5) is 4.79 Å². The second kappa shape index (κ2) is 6.32. The van der Waals surface area contributed by atoms with Gasteiger partial charge in [-0.1, -0.05) is 18.2 Å². The Hall–Kier alpha value is -2.14. The highest BCUT2D eigenvalue weighted by Gasteiger charge is 2.23. The van der Waals surface area contributed by atoms with E-state index in [0.29, 0.717) is 13.0 Å². The number of carboxylic acid groups (broad SMARTS) is 1. The van der Waals surface area contributed by atoms with Crippen molar-refractivity contribution in [2.24, 2.45) is 0 Å². The van der Waals surface area contributed by atoms with Gasteiger partial charge in [0, 0.05) is 16.9 Å². The van der Waals surface area contributed by atoms with Crippen LogP contribution in [0.15, 0.2) is 47.4 Å². The van der Waals surface area contributed by atoms with Crippen molar-refractivity contribution in [2.75, 3.05) is 12.9 Å².